The molecule has 5 heteroatoms. The Hall–Kier alpha value is -2.35. The Morgan fingerprint density at radius 1 is 0.707 bits per heavy atom. The maximum Gasteiger partial charge on any atom is 0.00878 e. The maximum absolute atomic E-state index is 10.9. The average Bonchev–Trinajstić information content (AvgIpc) is 3.68. The van der Waals surface area contributed by atoms with Crippen LogP contribution in [0.1, 0.15) is 85.3 Å². The molecule has 2 N–H and O–H groups in total. The monoisotopic (exact) mass is 726 g/mol. The second kappa shape index (κ2) is 16.9. The third-order valence-corrected chi connectivity index (χ3v) is 6.47. The van der Waals surface area contributed by atoms with Crippen molar-refractivity contribution in [3.05, 3.63) is 85.0 Å². The molecule has 0 radical (unpaired) electrons. The van der Waals surface area contributed by atoms with E-state index in [9.17, 15) is 10.2 Å². The Morgan fingerprint density at radius 3 is 1.34 bits per heavy atom. The van der Waals surface area contributed by atoms with Gasteiger partial charge in [0.1, 0.15) is 0 Å². The van der Waals surface area contributed by atoms with Crippen molar-refractivity contribution < 1.29 is 38.8 Å². The summed E-state index contributed by atoms with van der Waals surface area (Å²) in [6, 6.07) is 20.9. The SMILES string of the molecule is CC(C)(C)c1cccc(-c2[c-]c(-c3cccc(C(C)(C)C)c3O)ccc2)c1O.C[C]#[W].[CH-]1CCCO1.[CH-]1CCCO1. The van der Waals surface area contributed by atoms with Gasteiger partial charge >= 0.3 is 30.3 Å². The molecule has 0 bridgehead atoms. The molecule has 0 atom stereocenters. The summed E-state index contributed by atoms with van der Waals surface area (Å²) in [5, 5.41) is 21.8. The van der Waals surface area contributed by atoms with Crippen molar-refractivity contribution in [2.45, 2.75) is 85.0 Å². The maximum atomic E-state index is 10.9. The predicted octanol–water partition coefficient (Wildman–Crippen LogP) is 9.26. The summed E-state index contributed by atoms with van der Waals surface area (Å²) in [4.78, 5) is 0. The smallest absolute Gasteiger partial charge is 0.00878 e. The van der Waals surface area contributed by atoms with E-state index in [1.54, 1.807) is 0 Å². The van der Waals surface area contributed by atoms with Crippen LogP contribution in [0, 0.1) is 23.5 Å². The third-order valence-electron chi connectivity index (χ3n) is 6.47. The van der Waals surface area contributed by atoms with Crippen LogP contribution in [-0.2, 0) is 39.5 Å². The topological polar surface area (TPSA) is 58.9 Å². The standard InChI is InChI=1S/C26H29O2.2C4H7O.C2H3.W/c1-25(2,3)21-14-8-12-19(23(21)27)17-10-7-11-18(16-17)20-13-9-15-22(24(20)28)26(4,5)6;2*1-2-4-5-3-1;1-2;/h7-15,27-28H,1-6H3;2*3H,1-2,4H2;1H3;/q3*-1;;. The van der Waals surface area contributed by atoms with Gasteiger partial charge in [-0.15, -0.1) is 35.4 Å². The fourth-order valence-corrected chi connectivity index (χ4v) is 4.35. The molecule has 2 heterocycles. The van der Waals surface area contributed by atoms with Crippen LogP contribution in [0.5, 0.6) is 11.5 Å². The van der Waals surface area contributed by atoms with Crippen molar-refractivity contribution in [1.29, 1.82) is 0 Å². The Morgan fingerprint density at radius 2 is 1.07 bits per heavy atom. The molecule has 0 spiro atoms. The molecule has 41 heavy (non-hydrogen) atoms. The van der Waals surface area contributed by atoms with Gasteiger partial charge in [-0.1, -0.05) is 90.8 Å². The summed E-state index contributed by atoms with van der Waals surface area (Å²) in [5.74, 6) is 0.576. The number of phenolic OH excluding ortho intramolecular Hbond substituents is 2. The van der Waals surface area contributed by atoms with Gasteiger partial charge in [-0.3, -0.25) is 0 Å². The van der Waals surface area contributed by atoms with Gasteiger partial charge in [0.05, 0.1) is 11.5 Å². The number of hydrogen-bond acceptors (Lipinski definition) is 4. The van der Waals surface area contributed by atoms with Gasteiger partial charge in [0, 0.05) is 13.2 Å². The largest absolute Gasteiger partial charge is 0.552 e. The van der Waals surface area contributed by atoms with Gasteiger partial charge < -0.3 is 19.7 Å². The van der Waals surface area contributed by atoms with E-state index in [1.165, 1.54) is 32.0 Å². The number of phenols is 2. The normalized spacial score (nSPS) is 14.4. The first-order chi connectivity index (χ1) is 19.4. The van der Waals surface area contributed by atoms with Crippen molar-refractivity contribution in [2.75, 3.05) is 13.2 Å². The van der Waals surface area contributed by atoms with Crippen molar-refractivity contribution in [1.82, 2.24) is 0 Å². The van der Waals surface area contributed by atoms with E-state index >= 15 is 0 Å². The Labute approximate surface area is 259 Å². The van der Waals surface area contributed by atoms with Crippen LogP contribution in [0.25, 0.3) is 22.3 Å². The fraction of sp³-hybridized carbons (Fsp3) is 0.417. The third kappa shape index (κ3) is 11.1. The van der Waals surface area contributed by atoms with Gasteiger partial charge in [-0.05, 0) is 33.1 Å². The number of aromatic hydroxyl groups is 2. The molecule has 0 saturated carbocycles. The molecule has 0 aliphatic carbocycles. The van der Waals surface area contributed by atoms with Crippen molar-refractivity contribution in [3.8, 4) is 38.0 Å². The predicted molar refractivity (Wildman–Crippen MR) is 165 cm³/mol. The van der Waals surface area contributed by atoms with Gasteiger partial charge in [0.15, 0.2) is 0 Å². The Kier molecular flexibility index (Phi) is 14.4. The van der Waals surface area contributed by atoms with Crippen LogP contribution < -0.4 is 0 Å². The molecule has 0 aromatic heterocycles. The molecular weight excluding hydrogens is 680 g/mol. The van der Waals surface area contributed by atoms with Gasteiger partial charge in [0.25, 0.3) is 0 Å². The zero-order valence-corrected chi connectivity index (χ0v) is 28.6. The molecule has 2 aliphatic rings. The van der Waals surface area contributed by atoms with Gasteiger partial charge in [-0.25, -0.2) is 13.2 Å². The molecule has 3 aromatic rings. The summed E-state index contributed by atoms with van der Waals surface area (Å²) in [6.45, 7) is 20.0. The van der Waals surface area contributed by atoms with Gasteiger partial charge in [-0.2, -0.15) is 12.8 Å². The summed E-state index contributed by atoms with van der Waals surface area (Å²) in [7, 11) is 0. The van der Waals surface area contributed by atoms with Crippen LogP contribution in [0.15, 0.2) is 54.6 Å². The first-order valence-corrected chi connectivity index (χ1v) is 15.7. The molecule has 2 aliphatic heterocycles. The van der Waals surface area contributed by atoms with E-state index in [0.29, 0.717) is 0 Å². The van der Waals surface area contributed by atoms with Crippen LogP contribution in [0.3, 0.4) is 0 Å². The van der Waals surface area contributed by atoms with Crippen LogP contribution in [-0.4, -0.2) is 23.4 Å². The summed E-state index contributed by atoms with van der Waals surface area (Å²) < 4.78 is 12.5. The summed E-state index contributed by atoms with van der Waals surface area (Å²) in [6.07, 6.45) is 4.75. The van der Waals surface area contributed by atoms with E-state index in [0.717, 1.165) is 59.4 Å². The van der Waals surface area contributed by atoms with Crippen molar-refractivity contribution in [3.63, 3.8) is 0 Å². The Bertz CT molecular complexity index is 1150. The second-order valence-electron chi connectivity index (χ2n) is 11.9. The van der Waals surface area contributed by atoms with Gasteiger partial charge in [0.2, 0.25) is 0 Å². The van der Waals surface area contributed by atoms with E-state index in [-0.39, 0.29) is 22.3 Å². The number of hydrogen-bond donors (Lipinski definition) is 2. The van der Waals surface area contributed by atoms with E-state index in [2.05, 4.69) is 51.8 Å². The first kappa shape index (κ1) is 34.8. The Balaban J connectivity index is 0.000000369. The molecule has 2 fully saturated rings. The van der Waals surface area contributed by atoms with E-state index in [4.69, 9.17) is 9.47 Å². The van der Waals surface area contributed by atoms with Crippen LogP contribution in [0.4, 0.5) is 0 Å². The number of para-hydroxylation sites is 2. The number of rotatable bonds is 2. The van der Waals surface area contributed by atoms with Crippen LogP contribution >= 0.6 is 0 Å². The average molecular weight is 727 g/mol. The minimum Gasteiger partial charge on any atom is -0.552 e. The minimum absolute atomic E-state index is 0.156. The van der Waals surface area contributed by atoms with Crippen molar-refractivity contribution in [2.24, 2.45) is 0 Å². The quantitative estimate of drug-likeness (QED) is 0.259. The van der Waals surface area contributed by atoms with Crippen molar-refractivity contribution >= 4 is 0 Å². The summed E-state index contributed by atoms with van der Waals surface area (Å²) in [5.41, 5.74) is 4.61. The molecule has 3 aromatic carbocycles. The first-order valence-electron chi connectivity index (χ1n) is 14.2. The molecule has 2 saturated heterocycles. The van der Waals surface area contributed by atoms with E-state index in [1.807, 2.05) is 74.7 Å². The zero-order valence-electron chi connectivity index (χ0n) is 25.7. The second-order valence-corrected chi connectivity index (χ2v) is 13.4. The molecule has 0 unspecified atom stereocenters. The molecule has 0 amide bonds. The zero-order chi connectivity index (χ0) is 30.5. The molecule has 5 rings (SSSR count). The number of ether oxygens (including phenoxy) is 2. The molecule has 4 nitrogen and oxygen atoms in total. The molecular formula is C36H46O4W-3. The fourth-order valence-electron chi connectivity index (χ4n) is 4.35. The number of benzene rings is 3. The summed E-state index contributed by atoms with van der Waals surface area (Å²) >= 11 is 1.42. The minimum atomic E-state index is -0.156. The van der Waals surface area contributed by atoms with E-state index < -0.39 is 0 Å². The van der Waals surface area contributed by atoms with Crippen LogP contribution in [0.2, 0.25) is 0 Å². The molecule has 223 valence electrons.